The van der Waals surface area contributed by atoms with Gasteiger partial charge in [-0.2, -0.15) is 0 Å². The van der Waals surface area contributed by atoms with Crippen molar-refractivity contribution < 1.29 is 19.1 Å². The van der Waals surface area contributed by atoms with Crippen LogP contribution >= 0.6 is 0 Å². The zero-order chi connectivity index (χ0) is 25.4. The Kier molecular flexibility index (Phi) is 6.85. The van der Waals surface area contributed by atoms with Gasteiger partial charge >= 0.3 is 6.09 Å². The first kappa shape index (κ1) is 24.9. The van der Waals surface area contributed by atoms with Crippen LogP contribution in [0.5, 0.6) is 0 Å². The summed E-state index contributed by atoms with van der Waals surface area (Å²) in [4.78, 5) is 40.4. The Bertz CT molecular complexity index is 971. The summed E-state index contributed by atoms with van der Waals surface area (Å²) in [7, 11) is 0. The fraction of sp³-hybridized carbons (Fsp3) is 0.667. The summed E-state index contributed by atoms with van der Waals surface area (Å²) in [6.45, 7) is 11.1. The van der Waals surface area contributed by atoms with Crippen LogP contribution in [-0.4, -0.2) is 73.2 Å². The molecule has 2 unspecified atom stereocenters. The molecule has 1 saturated carbocycles. The molecule has 196 valence electrons. The molecule has 4 aliphatic rings. The number of imide groups is 1. The number of hydrogen-bond acceptors (Lipinski definition) is 7. The minimum Gasteiger partial charge on any atom is -0.444 e. The number of carbonyl (C=O) groups excluding carboxylic acids is 3. The maximum absolute atomic E-state index is 12.0. The van der Waals surface area contributed by atoms with Gasteiger partial charge in [0.15, 0.2) is 0 Å². The Morgan fingerprint density at radius 3 is 2.33 bits per heavy atom. The third-order valence-electron chi connectivity index (χ3n) is 7.96. The monoisotopic (exact) mass is 497 g/mol. The Hall–Kier alpha value is -2.81. The number of piperidine rings is 3. The Balaban J connectivity index is 1.02. The van der Waals surface area contributed by atoms with Crippen LogP contribution < -0.4 is 20.9 Å². The molecule has 3 saturated heterocycles. The summed E-state index contributed by atoms with van der Waals surface area (Å²) in [6, 6.07) is 8.14. The highest BCUT2D eigenvalue weighted by Gasteiger charge is 2.55. The maximum Gasteiger partial charge on any atom is 0.407 e. The van der Waals surface area contributed by atoms with Crippen molar-refractivity contribution in [1.82, 2.24) is 15.5 Å². The van der Waals surface area contributed by atoms with E-state index >= 15 is 0 Å². The second kappa shape index (κ2) is 9.92. The van der Waals surface area contributed by atoms with Crippen LogP contribution in [0.3, 0.4) is 0 Å². The van der Waals surface area contributed by atoms with Crippen LogP contribution in [0.2, 0.25) is 0 Å². The predicted octanol–water partition coefficient (Wildman–Crippen LogP) is 2.58. The molecule has 1 aliphatic carbocycles. The van der Waals surface area contributed by atoms with E-state index in [0.29, 0.717) is 12.8 Å². The molecule has 0 radical (unpaired) electrons. The molecule has 36 heavy (non-hydrogen) atoms. The number of rotatable bonds is 6. The smallest absolute Gasteiger partial charge is 0.407 e. The molecule has 9 heteroatoms. The number of fused-ring (bicyclic) bond motifs is 1. The number of amides is 3. The van der Waals surface area contributed by atoms with Crippen LogP contribution in [0.15, 0.2) is 24.3 Å². The largest absolute Gasteiger partial charge is 0.444 e. The number of hydrogen-bond donors (Lipinski definition) is 3. The van der Waals surface area contributed by atoms with Gasteiger partial charge in [0.1, 0.15) is 11.6 Å². The number of alkyl carbamates (subject to hydrolysis) is 1. The van der Waals surface area contributed by atoms with Gasteiger partial charge in [-0.15, -0.1) is 0 Å². The summed E-state index contributed by atoms with van der Waals surface area (Å²) in [6.07, 6.45) is 2.55. The topological polar surface area (TPSA) is 103 Å². The van der Waals surface area contributed by atoms with Crippen LogP contribution in [0.1, 0.15) is 46.5 Å². The van der Waals surface area contributed by atoms with Crippen LogP contribution in [-0.2, 0) is 14.3 Å². The summed E-state index contributed by atoms with van der Waals surface area (Å²) in [5.74, 6) is 1.88. The van der Waals surface area contributed by atoms with Crippen LogP contribution in [0, 0.1) is 17.8 Å². The second-order valence-electron chi connectivity index (χ2n) is 11.8. The lowest BCUT2D eigenvalue weighted by Gasteiger charge is -2.33. The van der Waals surface area contributed by atoms with Gasteiger partial charge in [0.2, 0.25) is 11.8 Å². The van der Waals surface area contributed by atoms with Crippen molar-refractivity contribution in [1.29, 1.82) is 0 Å². The normalized spacial score (nSPS) is 28.9. The molecule has 5 rings (SSSR count). The third-order valence-corrected chi connectivity index (χ3v) is 7.96. The number of likely N-dealkylation sites (tertiary alicyclic amines) is 1. The highest BCUT2D eigenvalue weighted by atomic mass is 16.6. The first-order chi connectivity index (χ1) is 17.1. The summed E-state index contributed by atoms with van der Waals surface area (Å²) in [5.41, 5.74) is 1.67. The van der Waals surface area contributed by atoms with Gasteiger partial charge in [-0.25, -0.2) is 4.79 Å². The number of anilines is 2. The molecule has 0 aromatic heterocycles. The van der Waals surface area contributed by atoms with Gasteiger partial charge in [-0.05, 0) is 82.1 Å². The van der Waals surface area contributed by atoms with E-state index in [1.54, 1.807) is 0 Å². The summed E-state index contributed by atoms with van der Waals surface area (Å²) < 4.78 is 5.39. The minimum atomic E-state index is -0.461. The molecule has 0 spiro atoms. The van der Waals surface area contributed by atoms with Crippen LogP contribution in [0.4, 0.5) is 16.2 Å². The van der Waals surface area contributed by atoms with Gasteiger partial charge in [0.05, 0.1) is 0 Å². The Morgan fingerprint density at radius 1 is 1.06 bits per heavy atom. The van der Waals surface area contributed by atoms with Crippen molar-refractivity contribution in [2.24, 2.45) is 17.8 Å². The molecule has 0 bridgehead atoms. The molecule has 4 atom stereocenters. The molecular formula is C27H39N5O4. The molecular weight excluding hydrogens is 458 g/mol. The maximum atomic E-state index is 12.0. The fourth-order valence-electron chi connectivity index (χ4n) is 5.96. The predicted molar refractivity (Wildman–Crippen MR) is 138 cm³/mol. The lowest BCUT2D eigenvalue weighted by molar-refractivity contribution is -0.133. The molecule has 3 N–H and O–H groups in total. The van der Waals surface area contributed by atoms with Gasteiger partial charge in [-0.1, -0.05) is 0 Å². The summed E-state index contributed by atoms with van der Waals surface area (Å²) >= 11 is 0. The lowest BCUT2D eigenvalue weighted by Crippen LogP contribution is -2.47. The highest BCUT2D eigenvalue weighted by Crippen LogP contribution is 2.53. The molecule has 3 aliphatic heterocycles. The second-order valence-corrected chi connectivity index (χ2v) is 11.8. The van der Waals surface area contributed by atoms with Gasteiger partial charge < -0.3 is 25.2 Å². The average Bonchev–Trinajstić information content (AvgIpc) is 3.23. The van der Waals surface area contributed by atoms with E-state index in [4.69, 9.17) is 4.74 Å². The fourth-order valence-corrected chi connectivity index (χ4v) is 5.96. The van der Waals surface area contributed by atoms with Crippen molar-refractivity contribution in [3.05, 3.63) is 24.3 Å². The molecule has 9 nitrogen and oxygen atoms in total. The molecule has 1 aromatic rings. The van der Waals surface area contributed by atoms with Crippen molar-refractivity contribution in [2.45, 2.75) is 64.1 Å². The van der Waals surface area contributed by atoms with Crippen molar-refractivity contribution in [3.8, 4) is 0 Å². The van der Waals surface area contributed by atoms with Crippen LogP contribution in [0.25, 0.3) is 0 Å². The first-order valence-corrected chi connectivity index (χ1v) is 13.3. The van der Waals surface area contributed by atoms with E-state index < -0.39 is 5.60 Å². The summed E-state index contributed by atoms with van der Waals surface area (Å²) in [5, 5.41) is 8.66. The number of nitrogens with zero attached hydrogens (tertiary/aromatic N) is 2. The third kappa shape index (κ3) is 5.94. The Labute approximate surface area is 213 Å². The first-order valence-electron chi connectivity index (χ1n) is 13.3. The van der Waals surface area contributed by atoms with E-state index in [1.165, 1.54) is 5.69 Å². The average molecular weight is 498 g/mol. The van der Waals surface area contributed by atoms with E-state index in [0.717, 1.165) is 69.0 Å². The minimum absolute atomic E-state index is 0.195. The number of nitrogens with one attached hydrogen (secondary N) is 3. The number of carbonyl (C=O) groups is 3. The van der Waals surface area contributed by atoms with Gasteiger partial charge in [0, 0.05) is 56.6 Å². The molecule has 3 amide bonds. The zero-order valence-corrected chi connectivity index (χ0v) is 21.6. The number of benzene rings is 1. The van der Waals surface area contributed by atoms with Crippen molar-refractivity contribution in [2.75, 3.05) is 42.9 Å². The molecule has 3 heterocycles. The number of ether oxygens (including phenoxy) is 1. The van der Waals surface area contributed by atoms with E-state index in [1.807, 2.05) is 32.9 Å². The van der Waals surface area contributed by atoms with Crippen molar-refractivity contribution >= 4 is 29.3 Å². The molecule has 4 fully saturated rings. The standard InChI is InChI=1S/C27H39N5O4/c1-27(2,3)36-26(35)29-18-10-12-31(13-11-18)14-20-21-15-32(16-22(20)21)19-6-4-17(5-7-19)28-23-8-9-24(33)30-25(23)34/h4-7,18,20-23,28H,8-16H2,1-3H3,(H,29,35)(H,30,33,34)/t20?,21-,22+,23?. The highest BCUT2D eigenvalue weighted by molar-refractivity contribution is 6.01. The SMILES string of the molecule is CC(C)(C)OC(=O)NC1CCN(CC2[C@H]3CN(c4ccc(NC5CCC(=O)NC5=O)cc4)C[C@@H]23)CC1. The van der Waals surface area contributed by atoms with E-state index in [2.05, 4.69) is 37.9 Å². The van der Waals surface area contributed by atoms with E-state index in [9.17, 15) is 14.4 Å². The van der Waals surface area contributed by atoms with Gasteiger partial charge in [0.25, 0.3) is 0 Å². The Morgan fingerprint density at radius 2 is 1.72 bits per heavy atom. The zero-order valence-electron chi connectivity index (χ0n) is 21.6. The molecule has 1 aromatic carbocycles. The van der Waals surface area contributed by atoms with Crippen molar-refractivity contribution in [3.63, 3.8) is 0 Å². The van der Waals surface area contributed by atoms with Gasteiger partial charge in [-0.3, -0.25) is 14.9 Å². The van der Waals surface area contributed by atoms with E-state index in [-0.39, 0.29) is 30.0 Å². The lowest BCUT2D eigenvalue weighted by atomic mass is 10.0. The quantitative estimate of drug-likeness (QED) is 0.519.